The zero-order valence-electron chi connectivity index (χ0n) is 18.3. The summed E-state index contributed by atoms with van der Waals surface area (Å²) in [5.74, 6) is -0.119. The molecule has 162 valence electrons. The van der Waals surface area contributed by atoms with Gasteiger partial charge >= 0.3 is 0 Å². The minimum absolute atomic E-state index is 0.119. The van der Waals surface area contributed by atoms with E-state index in [1.54, 1.807) is 9.58 Å². The molecule has 0 bridgehead atoms. The fraction of sp³-hybridized carbons (Fsp3) is 0.364. The zero-order valence-corrected chi connectivity index (χ0v) is 19.9. The third-order valence-electron chi connectivity index (χ3n) is 5.17. The van der Waals surface area contributed by atoms with Crippen LogP contribution in [0.1, 0.15) is 40.1 Å². The molecule has 1 amide bonds. The van der Waals surface area contributed by atoms with Gasteiger partial charge in [0, 0.05) is 23.8 Å². The standard InChI is InChI=1S/C22H25ClN6OS/c1-6-28-18(11-15(4)25-28)21(30)27(7-8-29-16(5)10-14(3)26-29)22-24-20-13(2)9-17(23)12-19(20)31-22/h9-12H,6-8H2,1-5H3. The Kier molecular flexibility index (Phi) is 5.85. The topological polar surface area (TPSA) is 68.8 Å². The van der Waals surface area contributed by atoms with Crippen LogP contribution in [0.2, 0.25) is 5.02 Å². The summed E-state index contributed by atoms with van der Waals surface area (Å²) in [5, 5.41) is 10.3. The van der Waals surface area contributed by atoms with Gasteiger partial charge in [-0.2, -0.15) is 10.2 Å². The monoisotopic (exact) mass is 456 g/mol. The summed E-state index contributed by atoms with van der Waals surface area (Å²) in [7, 11) is 0. The first-order valence-corrected chi connectivity index (χ1v) is 11.4. The van der Waals surface area contributed by atoms with E-state index in [1.165, 1.54) is 11.3 Å². The van der Waals surface area contributed by atoms with Gasteiger partial charge < -0.3 is 0 Å². The van der Waals surface area contributed by atoms with Gasteiger partial charge in [0.2, 0.25) is 0 Å². The Hall–Kier alpha value is -2.71. The van der Waals surface area contributed by atoms with Gasteiger partial charge in [0.15, 0.2) is 5.13 Å². The quantitative estimate of drug-likeness (QED) is 0.412. The number of benzene rings is 1. The molecule has 0 spiro atoms. The number of rotatable bonds is 6. The number of thiazole rings is 1. The highest BCUT2D eigenvalue weighted by Gasteiger charge is 2.25. The van der Waals surface area contributed by atoms with E-state index in [2.05, 4.69) is 10.2 Å². The lowest BCUT2D eigenvalue weighted by atomic mass is 10.2. The second-order valence-electron chi connectivity index (χ2n) is 7.66. The maximum atomic E-state index is 13.7. The smallest absolute Gasteiger partial charge is 0.278 e. The lowest BCUT2D eigenvalue weighted by Gasteiger charge is -2.20. The van der Waals surface area contributed by atoms with Crippen molar-refractivity contribution in [1.82, 2.24) is 24.5 Å². The summed E-state index contributed by atoms with van der Waals surface area (Å²) in [6.45, 7) is 11.5. The highest BCUT2D eigenvalue weighted by molar-refractivity contribution is 7.22. The fourth-order valence-corrected chi connectivity index (χ4v) is 5.18. The highest BCUT2D eigenvalue weighted by Crippen LogP contribution is 2.33. The number of anilines is 1. The van der Waals surface area contributed by atoms with Crippen LogP contribution in [0, 0.1) is 27.7 Å². The molecule has 0 atom stereocenters. The van der Waals surface area contributed by atoms with Crippen LogP contribution in [-0.4, -0.2) is 37.0 Å². The van der Waals surface area contributed by atoms with E-state index in [1.807, 2.05) is 63.6 Å². The molecule has 7 nitrogen and oxygen atoms in total. The molecule has 31 heavy (non-hydrogen) atoms. The number of hydrogen-bond acceptors (Lipinski definition) is 5. The lowest BCUT2D eigenvalue weighted by molar-refractivity contribution is 0.0975. The number of amides is 1. The van der Waals surface area contributed by atoms with Gasteiger partial charge in [-0.1, -0.05) is 22.9 Å². The third kappa shape index (κ3) is 4.22. The van der Waals surface area contributed by atoms with Crippen LogP contribution in [0.4, 0.5) is 5.13 Å². The normalized spacial score (nSPS) is 11.4. The van der Waals surface area contributed by atoms with Gasteiger partial charge in [0.1, 0.15) is 5.69 Å². The summed E-state index contributed by atoms with van der Waals surface area (Å²) in [5.41, 5.74) is 5.25. The van der Waals surface area contributed by atoms with Crippen molar-refractivity contribution in [3.8, 4) is 0 Å². The van der Waals surface area contributed by atoms with Crippen LogP contribution in [0.5, 0.6) is 0 Å². The van der Waals surface area contributed by atoms with E-state index < -0.39 is 0 Å². The van der Waals surface area contributed by atoms with Crippen LogP contribution in [0.15, 0.2) is 24.3 Å². The first kappa shape index (κ1) is 21.5. The fourth-order valence-electron chi connectivity index (χ4n) is 3.74. The summed E-state index contributed by atoms with van der Waals surface area (Å²) in [6, 6.07) is 7.66. The molecule has 4 rings (SSSR count). The molecule has 0 radical (unpaired) electrons. The van der Waals surface area contributed by atoms with Crippen molar-refractivity contribution in [2.24, 2.45) is 0 Å². The van der Waals surface area contributed by atoms with Crippen molar-refractivity contribution < 1.29 is 4.79 Å². The molecule has 0 aliphatic heterocycles. The van der Waals surface area contributed by atoms with E-state index in [0.717, 1.165) is 32.9 Å². The molecule has 0 saturated carbocycles. The molecule has 3 heterocycles. The summed E-state index contributed by atoms with van der Waals surface area (Å²) >= 11 is 7.72. The maximum absolute atomic E-state index is 13.7. The third-order valence-corrected chi connectivity index (χ3v) is 6.42. The van der Waals surface area contributed by atoms with Gasteiger partial charge in [-0.15, -0.1) is 0 Å². The Labute approximate surface area is 190 Å². The number of carbonyl (C=O) groups is 1. The average Bonchev–Trinajstić information content (AvgIpc) is 3.38. The molecular formula is C22H25ClN6OS. The van der Waals surface area contributed by atoms with E-state index in [-0.39, 0.29) is 5.91 Å². The molecule has 0 N–H and O–H groups in total. The second kappa shape index (κ2) is 8.43. The predicted octanol–water partition coefficient (Wildman–Crippen LogP) is 4.94. The SMILES string of the molecule is CCn1nc(C)cc1C(=O)N(CCn1nc(C)cc1C)c1nc2c(C)cc(Cl)cc2s1. The summed E-state index contributed by atoms with van der Waals surface area (Å²) in [4.78, 5) is 20.2. The predicted molar refractivity (Wildman–Crippen MR) is 125 cm³/mol. The first-order valence-electron chi connectivity index (χ1n) is 10.2. The molecule has 0 fully saturated rings. The largest absolute Gasteiger partial charge is 0.281 e. The van der Waals surface area contributed by atoms with E-state index in [4.69, 9.17) is 16.6 Å². The van der Waals surface area contributed by atoms with Gasteiger partial charge in [0.05, 0.1) is 28.1 Å². The molecule has 0 saturated heterocycles. The molecular weight excluding hydrogens is 432 g/mol. The number of carbonyl (C=O) groups excluding carboxylic acids is 1. The summed E-state index contributed by atoms with van der Waals surface area (Å²) < 4.78 is 4.63. The van der Waals surface area contributed by atoms with Crippen molar-refractivity contribution in [3.05, 3.63) is 57.6 Å². The molecule has 4 aromatic rings. The van der Waals surface area contributed by atoms with E-state index in [9.17, 15) is 4.79 Å². The van der Waals surface area contributed by atoms with Gasteiger partial charge in [-0.05, 0) is 64.4 Å². The molecule has 1 aromatic carbocycles. The Morgan fingerprint density at radius 2 is 1.77 bits per heavy atom. The maximum Gasteiger partial charge on any atom is 0.278 e. The van der Waals surface area contributed by atoms with E-state index >= 15 is 0 Å². The minimum atomic E-state index is -0.119. The van der Waals surface area contributed by atoms with Gasteiger partial charge in [-0.3, -0.25) is 19.1 Å². The Balaban J connectivity index is 1.75. The second-order valence-corrected chi connectivity index (χ2v) is 9.11. The van der Waals surface area contributed by atoms with Crippen LogP contribution < -0.4 is 4.90 Å². The number of aryl methyl sites for hydroxylation is 5. The highest BCUT2D eigenvalue weighted by atomic mass is 35.5. The number of nitrogens with zero attached hydrogens (tertiary/aromatic N) is 6. The average molecular weight is 457 g/mol. The van der Waals surface area contributed by atoms with Crippen molar-refractivity contribution in [1.29, 1.82) is 0 Å². The molecule has 3 aromatic heterocycles. The van der Waals surface area contributed by atoms with Crippen LogP contribution in [-0.2, 0) is 13.1 Å². The zero-order chi connectivity index (χ0) is 22.3. The van der Waals surface area contributed by atoms with Gasteiger partial charge in [0.25, 0.3) is 5.91 Å². The van der Waals surface area contributed by atoms with Crippen molar-refractivity contribution in [2.75, 3.05) is 11.4 Å². The molecule has 9 heteroatoms. The Morgan fingerprint density at radius 1 is 1.06 bits per heavy atom. The van der Waals surface area contributed by atoms with Crippen molar-refractivity contribution in [3.63, 3.8) is 0 Å². The van der Waals surface area contributed by atoms with E-state index in [0.29, 0.717) is 35.5 Å². The molecule has 0 aliphatic rings. The minimum Gasteiger partial charge on any atom is -0.281 e. The Bertz CT molecular complexity index is 1270. The summed E-state index contributed by atoms with van der Waals surface area (Å²) in [6.07, 6.45) is 0. The molecule has 0 aliphatic carbocycles. The van der Waals surface area contributed by atoms with Crippen LogP contribution >= 0.6 is 22.9 Å². The number of hydrogen-bond donors (Lipinski definition) is 0. The number of halogens is 1. The van der Waals surface area contributed by atoms with Crippen molar-refractivity contribution >= 4 is 44.2 Å². The number of aromatic nitrogens is 5. The van der Waals surface area contributed by atoms with Gasteiger partial charge in [-0.25, -0.2) is 4.98 Å². The Morgan fingerprint density at radius 3 is 2.45 bits per heavy atom. The van der Waals surface area contributed by atoms with Crippen molar-refractivity contribution in [2.45, 2.75) is 47.7 Å². The molecule has 0 unspecified atom stereocenters. The lowest BCUT2D eigenvalue weighted by Crippen LogP contribution is -2.35. The van der Waals surface area contributed by atoms with Crippen LogP contribution in [0.25, 0.3) is 10.2 Å². The number of fused-ring (bicyclic) bond motifs is 1. The first-order chi connectivity index (χ1) is 14.8. The van der Waals surface area contributed by atoms with Crippen LogP contribution in [0.3, 0.4) is 0 Å².